The van der Waals surface area contributed by atoms with E-state index in [4.69, 9.17) is 0 Å². The van der Waals surface area contributed by atoms with Gasteiger partial charge in [0.2, 0.25) is 0 Å². The van der Waals surface area contributed by atoms with Gasteiger partial charge >= 0.3 is 0 Å². The highest BCUT2D eigenvalue weighted by molar-refractivity contribution is 5.86. The first kappa shape index (κ1) is 19.4. The van der Waals surface area contributed by atoms with E-state index in [1.54, 1.807) is 0 Å². The van der Waals surface area contributed by atoms with Crippen LogP contribution >= 0.6 is 0 Å². The lowest BCUT2D eigenvalue weighted by molar-refractivity contribution is 0.422. The predicted molar refractivity (Wildman–Crippen MR) is 105 cm³/mol. The fourth-order valence-corrected chi connectivity index (χ4v) is 3.04. The van der Waals surface area contributed by atoms with Crippen molar-refractivity contribution in [1.82, 2.24) is 0 Å². The van der Waals surface area contributed by atoms with Crippen LogP contribution in [0, 0.1) is 0 Å². The summed E-state index contributed by atoms with van der Waals surface area (Å²) in [6, 6.07) is 13.5. The molecule has 0 aliphatic rings. The third-order valence-electron chi connectivity index (χ3n) is 4.51. The Balaban J connectivity index is 1.86. The summed E-state index contributed by atoms with van der Waals surface area (Å²) in [6.07, 6.45) is 10.9. The fraction of sp³-hybridized carbons (Fsp3) is 0.391. The van der Waals surface area contributed by atoms with Crippen molar-refractivity contribution in [3.8, 4) is 0 Å². The standard InChI is InChI=1S/C23H28F2/c1-2-3-4-5-6-7-8-9-10-15-22(23(24)25)21-17-16-19-13-11-12-14-20(19)18-21/h6-7,11-14,16-18H,2-5,8-10,15H2,1H3/b7-6+. The lowest BCUT2D eigenvalue weighted by atomic mass is 9.98. The maximum atomic E-state index is 13.4. The zero-order valence-corrected chi connectivity index (χ0v) is 15.1. The van der Waals surface area contributed by atoms with Gasteiger partial charge in [-0.3, -0.25) is 0 Å². The van der Waals surface area contributed by atoms with E-state index in [0.717, 1.165) is 36.5 Å². The topological polar surface area (TPSA) is 0 Å². The molecule has 0 saturated carbocycles. The van der Waals surface area contributed by atoms with Crippen molar-refractivity contribution >= 4 is 16.3 Å². The summed E-state index contributed by atoms with van der Waals surface area (Å²) in [5.74, 6) is 0. The van der Waals surface area contributed by atoms with Gasteiger partial charge in [-0.1, -0.05) is 68.3 Å². The van der Waals surface area contributed by atoms with Gasteiger partial charge in [0.25, 0.3) is 6.08 Å². The van der Waals surface area contributed by atoms with E-state index in [9.17, 15) is 8.78 Å². The number of unbranched alkanes of at least 4 members (excludes halogenated alkanes) is 5. The van der Waals surface area contributed by atoms with Crippen molar-refractivity contribution in [3.63, 3.8) is 0 Å². The molecule has 0 N–H and O–H groups in total. The van der Waals surface area contributed by atoms with E-state index in [-0.39, 0.29) is 5.57 Å². The van der Waals surface area contributed by atoms with E-state index in [0.29, 0.717) is 12.0 Å². The van der Waals surface area contributed by atoms with E-state index < -0.39 is 6.08 Å². The monoisotopic (exact) mass is 342 g/mol. The van der Waals surface area contributed by atoms with Gasteiger partial charge < -0.3 is 0 Å². The van der Waals surface area contributed by atoms with Crippen molar-refractivity contribution in [3.05, 3.63) is 66.3 Å². The first-order valence-electron chi connectivity index (χ1n) is 9.40. The molecule has 0 aromatic heterocycles. The van der Waals surface area contributed by atoms with Gasteiger partial charge in [0.15, 0.2) is 0 Å². The molecular formula is C23H28F2. The normalized spacial score (nSPS) is 11.3. The van der Waals surface area contributed by atoms with Gasteiger partial charge in [-0.25, -0.2) is 0 Å². The highest BCUT2D eigenvalue weighted by atomic mass is 19.3. The quantitative estimate of drug-likeness (QED) is 0.302. The Kier molecular flexibility index (Phi) is 8.38. The van der Waals surface area contributed by atoms with Crippen molar-refractivity contribution in [2.45, 2.75) is 58.3 Å². The molecule has 0 radical (unpaired) electrons. The van der Waals surface area contributed by atoms with E-state index >= 15 is 0 Å². The molecule has 0 atom stereocenters. The van der Waals surface area contributed by atoms with Crippen LogP contribution in [0.15, 0.2) is 60.7 Å². The summed E-state index contributed by atoms with van der Waals surface area (Å²) in [6.45, 7) is 2.20. The maximum Gasteiger partial charge on any atom is 0.274 e. The van der Waals surface area contributed by atoms with Crippen LogP contribution in [-0.2, 0) is 0 Å². The van der Waals surface area contributed by atoms with Gasteiger partial charge in [0.05, 0.1) is 0 Å². The molecule has 134 valence electrons. The molecule has 2 heteroatoms. The minimum absolute atomic E-state index is 0.192. The van der Waals surface area contributed by atoms with Crippen LogP contribution in [0.3, 0.4) is 0 Å². The third-order valence-corrected chi connectivity index (χ3v) is 4.51. The zero-order chi connectivity index (χ0) is 17.9. The highest BCUT2D eigenvalue weighted by Crippen LogP contribution is 2.29. The molecule has 0 saturated heterocycles. The average Bonchev–Trinajstić information content (AvgIpc) is 2.62. The van der Waals surface area contributed by atoms with E-state index in [2.05, 4.69) is 19.1 Å². The van der Waals surface area contributed by atoms with Crippen molar-refractivity contribution in [2.24, 2.45) is 0 Å². The number of fused-ring (bicyclic) bond motifs is 1. The Morgan fingerprint density at radius 2 is 1.52 bits per heavy atom. The lowest BCUT2D eigenvalue weighted by Crippen LogP contribution is -1.88. The van der Waals surface area contributed by atoms with Gasteiger partial charge in [0.1, 0.15) is 0 Å². The lowest BCUT2D eigenvalue weighted by Gasteiger charge is -2.08. The molecule has 0 heterocycles. The second kappa shape index (κ2) is 10.8. The third kappa shape index (κ3) is 6.45. The van der Waals surface area contributed by atoms with Crippen LogP contribution in [0.5, 0.6) is 0 Å². The molecule has 2 aromatic carbocycles. The zero-order valence-electron chi connectivity index (χ0n) is 15.1. The number of hydrogen-bond acceptors (Lipinski definition) is 0. The summed E-state index contributed by atoms with van der Waals surface area (Å²) >= 11 is 0. The Bertz CT molecular complexity index is 709. The molecule has 0 amide bonds. The Hall–Kier alpha value is -1.96. The molecule has 0 unspecified atom stereocenters. The predicted octanol–water partition coefficient (Wildman–Crippen LogP) is 8.14. The van der Waals surface area contributed by atoms with Crippen LogP contribution in [0.25, 0.3) is 16.3 Å². The Morgan fingerprint density at radius 1 is 0.840 bits per heavy atom. The first-order valence-corrected chi connectivity index (χ1v) is 9.40. The summed E-state index contributed by atoms with van der Waals surface area (Å²) in [5.41, 5.74) is 0.839. The molecule has 0 fully saturated rings. The number of rotatable bonds is 10. The summed E-state index contributed by atoms with van der Waals surface area (Å²) in [7, 11) is 0. The molecule has 0 bridgehead atoms. The molecule has 0 aliphatic heterocycles. The number of halogens is 2. The Morgan fingerprint density at radius 3 is 2.20 bits per heavy atom. The molecule has 0 spiro atoms. The van der Waals surface area contributed by atoms with Gasteiger partial charge in [-0.05, 0) is 60.9 Å². The van der Waals surface area contributed by atoms with Crippen LogP contribution < -0.4 is 0 Å². The maximum absolute atomic E-state index is 13.4. The van der Waals surface area contributed by atoms with Crippen LogP contribution in [-0.4, -0.2) is 0 Å². The summed E-state index contributed by atoms with van der Waals surface area (Å²) < 4.78 is 26.8. The van der Waals surface area contributed by atoms with E-state index in [1.165, 1.54) is 19.3 Å². The van der Waals surface area contributed by atoms with Crippen molar-refractivity contribution < 1.29 is 8.78 Å². The molecular weight excluding hydrogens is 314 g/mol. The van der Waals surface area contributed by atoms with Gasteiger partial charge in [-0.15, -0.1) is 0 Å². The second-order valence-electron chi connectivity index (χ2n) is 6.51. The Labute approximate surface area is 150 Å². The summed E-state index contributed by atoms with van der Waals surface area (Å²) in [5, 5.41) is 2.09. The average molecular weight is 342 g/mol. The molecule has 2 rings (SSSR count). The molecule has 25 heavy (non-hydrogen) atoms. The molecule has 0 nitrogen and oxygen atoms in total. The summed E-state index contributed by atoms with van der Waals surface area (Å²) in [4.78, 5) is 0. The largest absolute Gasteiger partial charge is 0.274 e. The van der Waals surface area contributed by atoms with Crippen LogP contribution in [0.2, 0.25) is 0 Å². The minimum atomic E-state index is -1.55. The van der Waals surface area contributed by atoms with Crippen molar-refractivity contribution in [2.75, 3.05) is 0 Å². The van der Waals surface area contributed by atoms with Crippen LogP contribution in [0.1, 0.15) is 63.9 Å². The van der Waals surface area contributed by atoms with Gasteiger partial charge in [0, 0.05) is 5.57 Å². The van der Waals surface area contributed by atoms with Gasteiger partial charge in [-0.2, -0.15) is 8.78 Å². The van der Waals surface area contributed by atoms with Crippen molar-refractivity contribution in [1.29, 1.82) is 0 Å². The number of benzene rings is 2. The second-order valence-corrected chi connectivity index (χ2v) is 6.51. The van der Waals surface area contributed by atoms with Crippen LogP contribution in [0.4, 0.5) is 8.78 Å². The minimum Gasteiger partial charge on any atom is -0.173 e. The number of hydrogen-bond donors (Lipinski definition) is 0. The van der Waals surface area contributed by atoms with E-state index in [1.807, 2.05) is 42.5 Å². The molecule has 2 aromatic rings. The fourth-order valence-electron chi connectivity index (χ4n) is 3.04. The smallest absolute Gasteiger partial charge is 0.173 e. The highest BCUT2D eigenvalue weighted by Gasteiger charge is 2.09. The number of allylic oxidation sites excluding steroid dienone is 3. The SMILES string of the molecule is CCCCC/C=C/CCCCC(=C(F)F)c1ccc2ccccc2c1. The molecule has 0 aliphatic carbocycles. The first-order chi connectivity index (χ1) is 12.2.